The molecule has 5 heterocycles. The molecular weight excluding hydrogens is 563 g/mol. The van der Waals surface area contributed by atoms with Crippen molar-refractivity contribution < 1.29 is 14.0 Å². The Balaban J connectivity index is 1.15. The summed E-state index contributed by atoms with van der Waals surface area (Å²) < 4.78 is 17.7. The maximum absolute atomic E-state index is 15.7. The average molecular weight is 599 g/mol. The fourth-order valence-electron chi connectivity index (χ4n) is 6.92. The molecule has 0 aliphatic carbocycles. The number of thiazole rings is 1. The van der Waals surface area contributed by atoms with Gasteiger partial charge in [0.1, 0.15) is 5.82 Å². The van der Waals surface area contributed by atoms with Gasteiger partial charge in [-0.15, -0.1) is 11.3 Å². The summed E-state index contributed by atoms with van der Waals surface area (Å²) in [5.41, 5.74) is 4.93. The van der Waals surface area contributed by atoms with Crippen LogP contribution in [0.1, 0.15) is 77.4 Å². The van der Waals surface area contributed by atoms with E-state index in [4.69, 9.17) is 0 Å². The molecule has 4 aromatic rings. The number of imidazole rings is 1. The van der Waals surface area contributed by atoms with Gasteiger partial charge in [-0.25, -0.2) is 14.4 Å². The molecule has 0 bridgehead atoms. The summed E-state index contributed by atoms with van der Waals surface area (Å²) in [4.78, 5) is 40.4. The Labute approximate surface area is 254 Å². The van der Waals surface area contributed by atoms with E-state index in [-0.39, 0.29) is 12.5 Å². The van der Waals surface area contributed by atoms with Crippen LogP contribution in [0.25, 0.3) is 11.1 Å². The molecule has 3 aliphatic rings. The number of likely N-dealkylation sites (tertiary alicyclic amines) is 1. The molecule has 1 saturated heterocycles. The summed E-state index contributed by atoms with van der Waals surface area (Å²) in [6.45, 7) is 6.46. The number of aromatic nitrogens is 3. The number of anilines is 1. The van der Waals surface area contributed by atoms with Gasteiger partial charge in [0.2, 0.25) is 0 Å². The molecule has 222 valence electrons. The first kappa shape index (κ1) is 27.9. The summed E-state index contributed by atoms with van der Waals surface area (Å²) in [5.74, 6) is -0.678. The van der Waals surface area contributed by atoms with Crippen molar-refractivity contribution >= 4 is 28.3 Å². The van der Waals surface area contributed by atoms with Gasteiger partial charge in [-0.3, -0.25) is 14.9 Å². The van der Waals surface area contributed by atoms with Gasteiger partial charge in [-0.05, 0) is 86.5 Å². The van der Waals surface area contributed by atoms with E-state index in [0.717, 1.165) is 63.1 Å². The molecule has 43 heavy (non-hydrogen) atoms. The first-order chi connectivity index (χ1) is 21.0. The Bertz CT molecular complexity index is 1640. The van der Waals surface area contributed by atoms with Crippen LogP contribution in [0.5, 0.6) is 0 Å². The standard InChI is InChI=1S/C33H35FN6O2S/c1-2-12-38-14-9-23(10-15-38)21-5-7-22(8-6-21)24-17-25-26(27(34)18-24)19-40(32(25)42)30(31(41)37-33-35-11-16-43-33)29-28-4-3-13-39(28)20-36-29/h5-8,11,16-18,20,23,30H,2-4,9-10,12-15,19H2,1H3,(H,35,37,41). The van der Waals surface area contributed by atoms with Gasteiger partial charge in [0.05, 0.1) is 18.6 Å². The first-order valence-corrected chi connectivity index (χ1v) is 16.1. The molecule has 1 atom stereocenters. The second kappa shape index (κ2) is 11.7. The molecule has 0 radical (unpaired) electrons. The van der Waals surface area contributed by atoms with Crippen LogP contribution in [-0.2, 0) is 24.3 Å². The van der Waals surface area contributed by atoms with Gasteiger partial charge in [0.25, 0.3) is 11.8 Å². The number of carbonyl (C=O) groups excluding carboxylic acids is 2. The maximum atomic E-state index is 15.7. The normalized spacial score (nSPS) is 17.7. The van der Waals surface area contributed by atoms with Crippen LogP contribution in [0.15, 0.2) is 54.3 Å². The number of rotatable bonds is 8. The number of nitrogens with one attached hydrogen (secondary N) is 1. The number of hydrogen-bond acceptors (Lipinski definition) is 6. The van der Waals surface area contributed by atoms with Gasteiger partial charge in [0.15, 0.2) is 11.2 Å². The maximum Gasteiger partial charge on any atom is 0.255 e. The lowest BCUT2D eigenvalue weighted by Crippen LogP contribution is -2.38. The van der Waals surface area contributed by atoms with Gasteiger partial charge >= 0.3 is 0 Å². The summed E-state index contributed by atoms with van der Waals surface area (Å²) in [5, 5.41) is 5.06. The topological polar surface area (TPSA) is 83.4 Å². The summed E-state index contributed by atoms with van der Waals surface area (Å²) in [6.07, 6.45) is 8.55. The van der Waals surface area contributed by atoms with Crippen molar-refractivity contribution in [1.29, 1.82) is 0 Å². The summed E-state index contributed by atoms with van der Waals surface area (Å²) >= 11 is 1.30. The van der Waals surface area contributed by atoms with Crippen molar-refractivity contribution in [2.24, 2.45) is 0 Å². The predicted molar refractivity (Wildman–Crippen MR) is 164 cm³/mol. The number of aryl methyl sites for hydroxylation is 1. The van der Waals surface area contributed by atoms with Crippen molar-refractivity contribution in [3.8, 4) is 11.1 Å². The Morgan fingerprint density at radius 3 is 2.67 bits per heavy atom. The van der Waals surface area contributed by atoms with E-state index < -0.39 is 17.8 Å². The number of hydrogen-bond donors (Lipinski definition) is 1. The van der Waals surface area contributed by atoms with E-state index in [2.05, 4.69) is 39.2 Å². The minimum absolute atomic E-state index is 0.00178. The monoisotopic (exact) mass is 598 g/mol. The van der Waals surface area contributed by atoms with E-state index in [0.29, 0.717) is 33.4 Å². The quantitative estimate of drug-likeness (QED) is 0.268. The molecule has 3 aliphatic heterocycles. The van der Waals surface area contributed by atoms with E-state index in [1.807, 2.05) is 16.7 Å². The zero-order valence-electron chi connectivity index (χ0n) is 24.3. The first-order valence-electron chi connectivity index (χ1n) is 15.2. The number of fused-ring (bicyclic) bond motifs is 2. The Morgan fingerprint density at radius 1 is 1.12 bits per heavy atom. The smallest absolute Gasteiger partial charge is 0.255 e. The van der Waals surface area contributed by atoms with Crippen LogP contribution in [0.4, 0.5) is 9.52 Å². The van der Waals surface area contributed by atoms with Crippen molar-refractivity contribution in [3.63, 3.8) is 0 Å². The van der Waals surface area contributed by atoms with Crippen LogP contribution >= 0.6 is 11.3 Å². The van der Waals surface area contributed by atoms with Crippen LogP contribution in [0.3, 0.4) is 0 Å². The van der Waals surface area contributed by atoms with Crippen LogP contribution in [0.2, 0.25) is 0 Å². The SMILES string of the molecule is CCCN1CCC(c2ccc(-c3cc(F)c4c(c3)C(=O)N(C(C(=O)Nc3nccs3)c3ncn5c3CCC5)C4)cc2)CC1. The van der Waals surface area contributed by atoms with Crippen LogP contribution in [-0.4, -0.2) is 55.8 Å². The third-order valence-corrected chi connectivity index (χ3v) is 9.82. The zero-order chi connectivity index (χ0) is 29.5. The highest BCUT2D eigenvalue weighted by molar-refractivity contribution is 7.13. The Morgan fingerprint density at radius 2 is 1.93 bits per heavy atom. The largest absolute Gasteiger partial charge is 0.334 e. The minimum Gasteiger partial charge on any atom is -0.334 e. The molecule has 7 rings (SSSR count). The highest BCUT2D eigenvalue weighted by Crippen LogP contribution is 2.38. The number of halogens is 1. The number of amides is 2. The second-order valence-electron chi connectivity index (χ2n) is 11.8. The summed E-state index contributed by atoms with van der Waals surface area (Å²) in [7, 11) is 0. The van der Waals surface area contributed by atoms with Gasteiger partial charge in [0, 0.05) is 34.9 Å². The van der Waals surface area contributed by atoms with E-state index >= 15 is 4.39 Å². The van der Waals surface area contributed by atoms with Crippen molar-refractivity contribution in [1.82, 2.24) is 24.3 Å². The van der Waals surface area contributed by atoms with Crippen molar-refractivity contribution in [2.75, 3.05) is 25.0 Å². The lowest BCUT2D eigenvalue weighted by Gasteiger charge is -2.32. The van der Waals surface area contributed by atoms with Gasteiger partial charge < -0.3 is 14.4 Å². The molecule has 2 amide bonds. The van der Waals surface area contributed by atoms with E-state index in [1.54, 1.807) is 24.0 Å². The third-order valence-electron chi connectivity index (χ3n) is 9.13. The summed E-state index contributed by atoms with van der Waals surface area (Å²) in [6, 6.07) is 10.6. The van der Waals surface area contributed by atoms with E-state index in [9.17, 15) is 9.59 Å². The Kier molecular flexibility index (Phi) is 7.56. The fourth-order valence-corrected chi connectivity index (χ4v) is 7.45. The van der Waals surface area contributed by atoms with E-state index in [1.165, 1.54) is 34.3 Å². The Hall–Kier alpha value is -3.89. The molecule has 2 aromatic heterocycles. The molecule has 0 spiro atoms. The molecular formula is C33H35FN6O2S. The van der Waals surface area contributed by atoms with Crippen molar-refractivity contribution in [2.45, 2.75) is 64.1 Å². The molecule has 1 N–H and O–H groups in total. The van der Waals surface area contributed by atoms with Crippen LogP contribution < -0.4 is 5.32 Å². The molecule has 2 aromatic carbocycles. The molecule has 10 heteroatoms. The van der Waals surface area contributed by atoms with Gasteiger partial charge in [-0.1, -0.05) is 31.2 Å². The number of carbonyl (C=O) groups is 2. The lowest BCUT2D eigenvalue weighted by atomic mass is 9.88. The van der Waals surface area contributed by atoms with Crippen LogP contribution in [0, 0.1) is 5.82 Å². The number of piperidine rings is 1. The molecule has 8 nitrogen and oxygen atoms in total. The molecule has 1 unspecified atom stereocenters. The minimum atomic E-state index is -0.996. The number of benzene rings is 2. The molecule has 0 saturated carbocycles. The van der Waals surface area contributed by atoms with Gasteiger partial charge in [-0.2, -0.15) is 0 Å². The second-order valence-corrected chi connectivity index (χ2v) is 12.7. The predicted octanol–water partition coefficient (Wildman–Crippen LogP) is 6.02. The van der Waals surface area contributed by atoms with Crippen molar-refractivity contribution in [3.05, 3.63) is 88.2 Å². The number of nitrogens with zero attached hydrogens (tertiary/aromatic N) is 5. The highest BCUT2D eigenvalue weighted by atomic mass is 32.1. The fraction of sp³-hybridized carbons (Fsp3) is 0.394. The average Bonchev–Trinajstić information content (AvgIpc) is 3.82. The molecule has 1 fully saturated rings. The lowest BCUT2D eigenvalue weighted by molar-refractivity contribution is -0.121. The highest BCUT2D eigenvalue weighted by Gasteiger charge is 2.42. The third kappa shape index (κ3) is 5.27. The zero-order valence-corrected chi connectivity index (χ0v) is 25.1.